The maximum Gasteiger partial charge on any atom is 0.156 e. The third-order valence-corrected chi connectivity index (χ3v) is 2.24. The fraction of sp³-hybridized carbons (Fsp3) is 0.400. The minimum Gasteiger partial charge on any atom is -0.409 e. The molecule has 0 saturated carbocycles. The molecule has 1 unspecified atom stereocenters. The molecule has 0 amide bonds. The number of rotatable bonds is 4. The summed E-state index contributed by atoms with van der Waals surface area (Å²) < 4.78 is 0. The Kier molecular flexibility index (Phi) is 4.05. The second kappa shape index (κ2) is 5.31. The smallest absolute Gasteiger partial charge is 0.156 e. The predicted octanol–water partition coefficient (Wildman–Crippen LogP) is 0.867. The Bertz CT molecular complexity index is 325. The molecule has 5 heteroatoms. The zero-order valence-electron chi connectivity index (χ0n) is 8.88. The van der Waals surface area contributed by atoms with Crippen molar-refractivity contribution < 1.29 is 5.21 Å². The van der Waals surface area contributed by atoms with Gasteiger partial charge in [0.1, 0.15) is 0 Å². The normalized spacial score (nSPS) is 16.0. The number of nitrogens with one attached hydrogen (secondary N) is 1. The summed E-state index contributed by atoms with van der Waals surface area (Å²) in [4.78, 5) is 4.03. The zero-order chi connectivity index (χ0) is 11.3. The lowest BCUT2D eigenvalue weighted by Crippen LogP contribution is -2.40. The lowest BCUT2D eigenvalue weighted by atomic mass is 10.1. The van der Waals surface area contributed by atoms with E-state index in [4.69, 9.17) is 10.9 Å². The van der Waals surface area contributed by atoms with Gasteiger partial charge in [-0.15, -0.1) is 0 Å². The lowest BCUT2D eigenvalue weighted by Gasteiger charge is -2.18. The van der Waals surface area contributed by atoms with Gasteiger partial charge in [0.05, 0.1) is 6.04 Å². The van der Waals surface area contributed by atoms with Crippen LogP contribution in [0.25, 0.3) is 0 Å². The SMILES string of the molecule is CC(N[C@@H](C)c1cccnc1)/C(N)=N/O. The molecule has 0 aliphatic heterocycles. The van der Waals surface area contributed by atoms with Gasteiger partial charge in [0.15, 0.2) is 5.84 Å². The van der Waals surface area contributed by atoms with Crippen molar-refractivity contribution in [3.63, 3.8) is 0 Å². The van der Waals surface area contributed by atoms with Crippen molar-refractivity contribution in [2.45, 2.75) is 25.9 Å². The molecule has 5 nitrogen and oxygen atoms in total. The number of nitrogens with two attached hydrogens (primary N) is 1. The van der Waals surface area contributed by atoms with Crippen molar-refractivity contribution in [2.75, 3.05) is 0 Å². The fourth-order valence-corrected chi connectivity index (χ4v) is 1.28. The molecular weight excluding hydrogens is 192 g/mol. The number of nitrogens with zero attached hydrogens (tertiary/aromatic N) is 2. The van der Waals surface area contributed by atoms with Gasteiger partial charge in [-0.1, -0.05) is 11.2 Å². The third kappa shape index (κ3) is 3.21. The Hall–Kier alpha value is -1.62. The van der Waals surface area contributed by atoms with Crippen LogP contribution in [0.3, 0.4) is 0 Å². The predicted molar refractivity (Wildman–Crippen MR) is 58.7 cm³/mol. The molecule has 0 radical (unpaired) electrons. The number of pyridine rings is 1. The second-order valence-electron chi connectivity index (χ2n) is 3.42. The van der Waals surface area contributed by atoms with E-state index in [-0.39, 0.29) is 17.9 Å². The summed E-state index contributed by atoms with van der Waals surface area (Å²) in [6, 6.07) is 3.78. The maximum atomic E-state index is 8.50. The van der Waals surface area contributed by atoms with Crippen molar-refractivity contribution in [1.82, 2.24) is 10.3 Å². The van der Waals surface area contributed by atoms with Crippen molar-refractivity contribution in [3.05, 3.63) is 30.1 Å². The highest BCUT2D eigenvalue weighted by atomic mass is 16.4. The Labute approximate surface area is 89.0 Å². The molecule has 1 heterocycles. The summed E-state index contributed by atoms with van der Waals surface area (Å²) >= 11 is 0. The number of hydrogen-bond donors (Lipinski definition) is 3. The van der Waals surface area contributed by atoms with Crippen LogP contribution in [0.1, 0.15) is 25.5 Å². The van der Waals surface area contributed by atoms with Crippen LogP contribution in [0.4, 0.5) is 0 Å². The van der Waals surface area contributed by atoms with Crippen molar-refractivity contribution in [1.29, 1.82) is 0 Å². The van der Waals surface area contributed by atoms with Gasteiger partial charge in [0.25, 0.3) is 0 Å². The van der Waals surface area contributed by atoms with Crippen molar-refractivity contribution >= 4 is 5.84 Å². The maximum absolute atomic E-state index is 8.50. The number of hydrogen-bond acceptors (Lipinski definition) is 4. The Balaban J connectivity index is 2.60. The van der Waals surface area contributed by atoms with Crippen LogP contribution < -0.4 is 11.1 Å². The molecule has 0 saturated heterocycles. The van der Waals surface area contributed by atoms with Crippen LogP contribution >= 0.6 is 0 Å². The van der Waals surface area contributed by atoms with E-state index in [2.05, 4.69) is 15.5 Å². The van der Waals surface area contributed by atoms with Gasteiger partial charge in [-0.25, -0.2) is 0 Å². The van der Waals surface area contributed by atoms with Gasteiger partial charge in [-0.05, 0) is 25.5 Å². The van der Waals surface area contributed by atoms with Gasteiger partial charge in [-0.3, -0.25) is 4.98 Å². The lowest BCUT2D eigenvalue weighted by molar-refractivity contribution is 0.314. The van der Waals surface area contributed by atoms with Gasteiger partial charge in [0, 0.05) is 18.4 Å². The van der Waals surface area contributed by atoms with Gasteiger partial charge < -0.3 is 16.3 Å². The largest absolute Gasteiger partial charge is 0.409 e. The van der Waals surface area contributed by atoms with E-state index in [9.17, 15) is 0 Å². The second-order valence-corrected chi connectivity index (χ2v) is 3.42. The molecule has 4 N–H and O–H groups in total. The summed E-state index contributed by atoms with van der Waals surface area (Å²) in [6.45, 7) is 3.83. The fourth-order valence-electron chi connectivity index (χ4n) is 1.28. The minimum atomic E-state index is -0.176. The van der Waals surface area contributed by atoms with Crippen LogP contribution in [0.15, 0.2) is 29.7 Å². The molecule has 0 fully saturated rings. The van der Waals surface area contributed by atoms with E-state index in [0.717, 1.165) is 5.56 Å². The average molecular weight is 208 g/mol. The van der Waals surface area contributed by atoms with Crippen LogP contribution in [0, 0.1) is 0 Å². The van der Waals surface area contributed by atoms with Gasteiger partial charge in [0.2, 0.25) is 0 Å². The van der Waals surface area contributed by atoms with Crippen LogP contribution in [0.2, 0.25) is 0 Å². The van der Waals surface area contributed by atoms with Crippen LogP contribution in [-0.4, -0.2) is 22.1 Å². The summed E-state index contributed by atoms with van der Waals surface area (Å²) in [5, 5.41) is 14.6. The average Bonchev–Trinajstić information content (AvgIpc) is 2.29. The monoisotopic (exact) mass is 208 g/mol. The van der Waals surface area contributed by atoms with Crippen LogP contribution in [0.5, 0.6) is 0 Å². The first kappa shape index (κ1) is 11.5. The molecule has 0 bridgehead atoms. The highest BCUT2D eigenvalue weighted by Gasteiger charge is 2.12. The van der Waals surface area contributed by atoms with E-state index in [1.807, 2.05) is 26.0 Å². The Morgan fingerprint density at radius 2 is 2.33 bits per heavy atom. The third-order valence-electron chi connectivity index (χ3n) is 2.24. The molecule has 0 aliphatic rings. The molecule has 15 heavy (non-hydrogen) atoms. The van der Waals surface area contributed by atoms with E-state index in [1.54, 1.807) is 12.4 Å². The zero-order valence-corrected chi connectivity index (χ0v) is 8.88. The molecule has 2 atom stereocenters. The summed E-state index contributed by atoms with van der Waals surface area (Å²) in [5.74, 6) is 0.172. The molecule has 1 aromatic heterocycles. The van der Waals surface area contributed by atoms with E-state index < -0.39 is 0 Å². The molecule has 1 rings (SSSR count). The molecular formula is C10H16N4O. The molecule has 0 aromatic carbocycles. The molecule has 1 aromatic rings. The highest BCUT2D eigenvalue weighted by Crippen LogP contribution is 2.10. The quantitative estimate of drug-likeness (QED) is 0.297. The highest BCUT2D eigenvalue weighted by molar-refractivity contribution is 5.84. The summed E-state index contributed by atoms with van der Waals surface area (Å²) in [6.07, 6.45) is 3.51. The molecule has 82 valence electrons. The number of oxime groups is 1. The van der Waals surface area contributed by atoms with Gasteiger partial charge in [-0.2, -0.15) is 0 Å². The van der Waals surface area contributed by atoms with E-state index in [1.165, 1.54) is 0 Å². The van der Waals surface area contributed by atoms with Crippen molar-refractivity contribution in [2.24, 2.45) is 10.9 Å². The summed E-state index contributed by atoms with van der Waals surface area (Å²) in [7, 11) is 0. The first-order valence-corrected chi connectivity index (χ1v) is 4.78. The minimum absolute atomic E-state index is 0.106. The number of amidine groups is 1. The molecule has 0 aliphatic carbocycles. The Morgan fingerprint density at radius 3 is 2.87 bits per heavy atom. The summed E-state index contributed by atoms with van der Waals surface area (Å²) in [5.41, 5.74) is 6.53. The van der Waals surface area contributed by atoms with E-state index >= 15 is 0 Å². The molecule has 0 spiro atoms. The first-order chi connectivity index (χ1) is 7.15. The van der Waals surface area contributed by atoms with Crippen molar-refractivity contribution in [3.8, 4) is 0 Å². The number of aromatic nitrogens is 1. The van der Waals surface area contributed by atoms with E-state index in [0.29, 0.717) is 0 Å². The standard InChI is InChI=1S/C10H16N4O/c1-7(9-4-3-5-12-6-9)13-8(2)10(11)14-15/h3-8,13,15H,1-2H3,(H2,11,14)/t7-,8?/m0/s1. The first-order valence-electron chi connectivity index (χ1n) is 4.78. The topological polar surface area (TPSA) is 83.5 Å². The van der Waals surface area contributed by atoms with Crippen LogP contribution in [-0.2, 0) is 0 Å². The Morgan fingerprint density at radius 1 is 1.60 bits per heavy atom. The van der Waals surface area contributed by atoms with Gasteiger partial charge >= 0.3 is 0 Å².